The zero-order valence-electron chi connectivity index (χ0n) is 4.48. The minimum absolute atomic E-state index is 0.229. The summed E-state index contributed by atoms with van der Waals surface area (Å²) in [6.45, 7) is 0. The van der Waals surface area contributed by atoms with Crippen LogP contribution < -0.4 is 0 Å². The Morgan fingerprint density at radius 2 is 2.30 bits per heavy atom. The molecule has 1 aromatic heterocycles. The molecule has 0 fully saturated rings. The molecule has 0 aliphatic rings. The van der Waals surface area contributed by atoms with Gasteiger partial charge in [-0.05, 0) is 0 Å². The van der Waals surface area contributed by atoms with Gasteiger partial charge in [0.2, 0.25) is 4.34 Å². The third-order valence-corrected chi connectivity index (χ3v) is 3.02. The van der Waals surface area contributed by atoms with Crippen molar-refractivity contribution in [3.63, 3.8) is 0 Å². The van der Waals surface area contributed by atoms with Gasteiger partial charge in [0.15, 0.2) is 0 Å². The molecule has 10 heavy (non-hydrogen) atoms. The van der Waals surface area contributed by atoms with Crippen molar-refractivity contribution >= 4 is 33.1 Å². The van der Waals surface area contributed by atoms with Crippen molar-refractivity contribution in [2.24, 2.45) is 0 Å². The molecular weight excluding hydrogens is 198 g/mol. The predicted molar refractivity (Wildman–Crippen MR) is 36.9 cm³/mol. The molecule has 4 nitrogen and oxygen atoms in total. The maximum atomic E-state index is 10.3. The Morgan fingerprint density at radius 3 is 2.50 bits per heavy atom. The molecule has 1 aromatic rings. The zero-order chi connectivity index (χ0) is 7.78. The molecule has 0 aliphatic heterocycles. The van der Waals surface area contributed by atoms with Crippen molar-refractivity contribution < 1.29 is 13.0 Å². The number of hydrogen-bond acceptors (Lipinski definition) is 4. The topological polar surface area (TPSA) is 67.3 Å². The number of rotatable bonds is 1. The maximum Gasteiger partial charge on any atom is 0.322 e. The molecule has 1 N–H and O–H groups in total. The van der Waals surface area contributed by atoms with E-state index in [0.717, 1.165) is 6.20 Å². The van der Waals surface area contributed by atoms with Crippen LogP contribution in [0, 0.1) is 0 Å². The lowest BCUT2D eigenvalue weighted by Gasteiger charge is -1.83. The summed E-state index contributed by atoms with van der Waals surface area (Å²) in [5.41, 5.74) is 0. The molecule has 7 heteroatoms. The van der Waals surface area contributed by atoms with Crippen molar-refractivity contribution in [1.29, 1.82) is 0 Å². The maximum absolute atomic E-state index is 10.3. The van der Waals surface area contributed by atoms with Gasteiger partial charge >= 0.3 is 10.1 Å². The van der Waals surface area contributed by atoms with Crippen molar-refractivity contribution in [2.75, 3.05) is 0 Å². The number of thiazole rings is 1. The van der Waals surface area contributed by atoms with E-state index in [4.69, 9.17) is 16.2 Å². The van der Waals surface area contributed by atoms with Gasteiger partial charge < -0.3 is 0 Å². The van der Waals surface area contributed by atoms with E-state index in [9.17, 15) is 8.42 Å². The Balaban J connectivity index is 3.21. The molecule has 0 aliphatic carbocycles. The summed E-state index contributed by atoms with van der Waals surface area (Å²) in [6, 6.07) is 0. The molecular formula is C3H2ClNO3S2. The first-order valence-corrected chi connectivity index (χ1v) is 4.72. The van der Waals surface area contributed by atoms with Crippen molar-refractivity contribution in [3.8, 4) is 0 Å². The quantitative estimate of drug-likeness (QED) is 0.687. The largest absolute Gasteiger partial charge is 0.322 e. The van der Waals surface area contributed by atoms with Crippen LogP contribution in [0.5, 0.6) is 0 Å². The van der Waals surface area contributed by atoms with Crippen molar-refractivity contribution in [3.05, 3.63) is 10.5 Å². The van der Waals surface area contributed by atoms with Crippen molar-refractivity contribution in [2.45, 2.75) is 4.34 Å². The minimum atomic E-state index is -4.16. The molecule has 0 aromatic carbocycles. The van der Waals surface area contributed by atoms with Crippen LogP contribution in [0.4, 0.5) is 0 Å². The Labute approximate surface area is 66.2 Å². The smallest absolute Gasteiger partial charge is 0.280 e. The Morgan fingerprint density at radius 1 is 1.70 bits per heavy atom. The van der Waals surface area contributed by atoms with E-state index >= 15 is 0 Å². The number of hydrogen-bond donors (Lipinski definition) is 1. The average molecular weight is 200 g/mol. The molecule has 0 spiro atoms. The van der Waals surface area contributed by atoms with Gasteiger partial charge in [0.05, 0.1) is 6.20 Å². The highest BCUT2D eigenvalue weighted by molar-refractivity contribution is 7.88. The first-order valence-electron chi connectivity index (χ1n) is 2.09. The normalized spacial score (nSPS) is 11.8. The van der Waals surface area contributed by atoms with E-state index in [1.54, 1.807) is 0 Å². The Kier molecular flexibility index (Phi) is 1.95. The number of nitrogens with zero attached hydrogens (tertiary/aromatic N) is 1. The molecule has 1 heterocycles. The standard InChI is InChI=1S/C3H2ClNO3S2/c4-2-1-5-3(9-2)10(6,7)8/h1H,(H,6,7,8). The molecule has 56 valence electrons. The minimum Gasteiger partial charge on any atom is -0.280 e. The number of aromatic nitrogens is 1. The predicted octanol–water partition coefficient (Wildman–Crippen LogP) is 1.04. The number of halogens is 1. The second-order valence-corrected chi connectivity index (χ2v) is 4.66. The highest BCUT2D eigenvalue weighted by atomic mass is 35.5. The molecule has 0 bridgehead atoms. The van der Waals surface area contributed by atoms with Gasteiger partial charge in [-0.25, -0.2) is 4.98 Å². The molecule has 1 rings (SSSR count). The van der Waals surface area contributed by atoms with Crippen LogP contribution in [0.3, 0.4) is 0 Å². The van der Waals surface area contributed by atoms with E-state index in [0.29, 0.717) is 11.3 Å². The lowest BCUT2D eigenvalue weighted by molar-refractivity contribution is 0.482. The van der Waals surface area contributed by atoms with E-state index < -0.39 is 10.1 Å². The van der Waals surface area contributed by atoms with Gasteiger partial charge in [-0.2, -0.15) is 8.42 Å². The van der Waals surface area contributed by atoms with E-state index in [2.05, 4.69) is 4.98 Å². The van der Waals surface area contributed by atoms with Crippen LogP contribution in [0.15, 0.2) is 10.5 Å². The first kappa shape index (κ1) is 7.93. The third-order valence-electron chi connectivity index (χ3n) is 0.677. The van der Waals surface area contributed by atoms with Crippen LogP contribution in [-0.2, 0) is 10.1 Å². The van der Waals surface area contributed by atoms with Gasteiger partial charge in [-0.15, -0.1) is 0 Å². The summed E-state index contributed by atoms with van der Waals surface area (Å²) in [6.07, 6.45) is 1.16. The average Bonchev–Trinajstić information content (AvgIpc) is 2.11. The van der Waals surface area contributed by atoms with E-state index in [1.165, 1.54) is 0 Å². The molecule has 0 amide bonds. The monoisotopic (exact) mass is 199 g/mol. The third kappa shape index (κ3) is 1.66. The highest BCUT2D eigenvalue weighted by Crippen LogP contribution is 2.21. The van der Waals surface area contributed by atoms with Crippen molar-refractivity contribution in [1.82, 2.24) is 4.98 Å². The molecule has 0 saturated carbocycles. The second-order valence-electron chi connectivity index (χ2n) is 1.41. The molecule has 0 atom stereocenters. The second kappa shape index (κ2) is 2.46. The molecule has 0 unspecified atom stereocenters. The fourth-order valence-corrected chi connectivity index (χ4v) is 2.02. The van der Waals surface area contributed by atoms with E-state index in [-0.39, 0.29) is 8.68 Å². The van der Waals surface area contributed by atoms with E-state index in [1.807, 2.05) is 0 Å². The van der Waals surface area contributed by atoms with Crippen LogP contribution in [-0.4, -0.2) is 18.0 Å². The summed E-state index contributed by atoms with van der Waals surface area (Å²) in [5, 5.41) is 0. The van der Waals surface area contributed by atoms with Crippen LogP contribution in [0.1, 0.15) is 0 Å². The van der Waals surface area contributed by atoms with Gasteiger partial charge in [0.25, 0.3) is 0 Å². The SMILES string of the molecule is O=S(=O)(O)c1ncc(Cl)s1. The van der Waals surface area contributed by atoms with Crippen LogP contribution >= 0.6 is 22.9 Å². The summed E-state index contributed by atoms with van der Waals surface area (Å²) in [5.74, 6) is 0. The summed E-state index contributed by atoms with van der Waals surface area (Å²) in [7, 11) is -4.16. The fraction of sp³-hybridized carbons (Fsp3) is 0. The Bertz CT molecular complexity index is 329. The lowest BCUT2D eigenvalue weighted by atomic mass is 11.0. The van der Waals surface area contributed by atoms with Gasteiger partial charge in [-0.1, -0.05) is 22.9 Å². The van der Waals surface area contributed by atoms with Gasteiger partial charge in [0, 0.05) is 0 Å². The van der Waals surface area contributed by atoms with Crippen LogP contribution in [0.2, 0.25) is 4.34 Å². The van der Waals surface area contributed by atoms with Gasteiger partial charge in [0.1, 0.15) is 4.34 Å². The first-order chi connectivity index (χ1) is 4.50. The Hall–Kier alpha value is -0.170. The van der Waals surface area contributed by atoms with Gasteiger partial charge in [-0.3, -0.25) is 4.55 Å². The summed E-state index contributed by atoms with van der Waals surface area (Å²) < 4.78 is 28.8. The molecule has 0 saturated heterocycles. The summed E-state index contributed by atoms with van der Waals surface area (Å²) in [4.78, 5) is 3.34. The lowest BCUT2D eigenvalue weighted by Crippen LogP contribution is -1.95. The zero-order valence-corrected chi connectivity index (χ0v) is 6.87. The van der Waals surface area contributed by atoms with Crippen LogP contribution in [0.25, 0.3) is 0 Å². The molecule has 0 radical (unpaired) electrons. The summed E-state index contributed by atoms with van der Waals surface area (Å²) >= 11 is 6.06. The highest BCUT2D eigenvalue weighted by Gasteiger charge is 2.13. The fourth-order valence-electron chi connectivity index (χ4n) is 0.359.